The first-order chi connectivity index (χ1) is 13.4. The van der Waals surface area contributed by atoms with Gasteiger partial charge < -0.3 is 14.5 Å². The second-order valence-electron chi connectivity index (χ2n) is 5.53. The molecule has 0 unspecified atom stereocenters. The number of para-hydroxylation sites is 1. The smallest absolute Gasteiger partial charge is 0.437 e. The number of rotatable bonds is 6. The predicted molar refractivity (Wildman–Crippen MR) is 105 cm³/mol. The minimum atomic E-state index is -0.875. The van der Waals surface area contributed by atoms with Crippen molar-refractivity contribution < 1.29 is 23.1 Å². The number of nitrogens with one attached hydrogen (secondary N) is 1. The van der Waals surface area contributed by atoms with Crippen molar-refractivity contribution in [2.75, 3.05) is 11.9 Å². The summed E-state index contributed by atoms with van der Waals surface area (Å²) >= 11 is 2.06. The first-order valence-corrected chi connectivity index (χ1v) is 9.04. The fourth-order valence-electron chi connectivity index (χ4n) is 2.18. The number of halogens is 2. The van der Waals surface area contributed by atoms with Crippen molar-refractivity contribution in [3.63, 3.8) is 0 Å². The molecule has 0 radical (unpaired) electrons. The van der Waals surface area contributed by atoms with Crippen molar-refractivity contribution in [1.82, 2.24) is 9.78 Å². The molecule has 0 aliphatic heterocycles. The summed E-state index contributed by atoms with van der Waals surface area (Å²) in [4.78, 5) is 35.6. The SMILES string of the molecule is O=C(COC(=O)Cn1nc(-c2ccc(F)cc2)oc1=O)Nc1ccccc1I. The van der Waals surface area contributed by atoms with Gasteiger partial charge in [-0.3, -0.25) is 9.59 Å². The summed E-state index contributed by atoms with van der Waals surface area (Å²) in [7, 11) is 0. The molecule has 144 valence electrons. The number of esters is 1. The molecule has 0 saturated heterocycles. The minimum Gasteiger partial charge on any atom is -0.454 e. The monoisotopic (exact) mass is 497 g/mol. The van der Waals surface area contributed by atoms with Crippen LogP contribution >= 0.6 is 22.6 Å². The standard InChI is InChI=1S/C18H13FIN3O5/c19-12-7-5-11(6-8-12)17-22-23(18(26)28-17)9-16(25)27-10-15(24)21-14-4-2-1-3-13(14)20/h1-8H,9-10H2,(H,21,24). The number of carbonyl (C=O) groups is 2. The molecule has 1 aromatic heterocycles. The van der Waals surface area contributed by atoms with Crippen molar-refractivity contribution >= 4 is 40.2 Å². The number of hydrogen-bond donors (Lipinski definition) is 1. The topological polar surface area (TPSA) is 103 Å². The van der Waals surface area contributed by atoms with Gasteiger partial charge in [0.05, 0.1) is 5.69 Å². The Labute approximate surface area is 171 Å². The normalized spacial score (nSPS) is 10.5. The van der Waals surface area contributed by atoms with E-state index in [0.29, 0.717) is 11.3 Å². The zero-order valence-electron chi connectivity index (χ0n) is 14.2. The van der Waals surface area contributed by atoms with Crippen LogP contribution in [0.3, 0.4) is 0 Å². The van der Waals surface area contributed by atoms with E-state index >= 15 is 0 Å². The maximum atomic E-state index is 13.0. The molecule has 0 aliphatic rings. The number of benzene rings is 2. The Kier molecular flexibility index (Phi) is 6.19. The van der Waals surface area contributed by atoms with Crippen LogP contribution in [0.4, 0.5) is 10.1 Å². The van der Waals surface area contributed by atoms with E-state index in [-0.39, 0.29) is 5.89 Å². The molecular weight excluding hydrogens is 484 g/mol. The largest absolute Gasteiger partial charge is 0.454 e. The number of hydrogen-bond acceptors (Lipinski definition) is 6. The van der Waals surface area contributed by atoms with Gasteiger partial charge in [-0.15, -0.1) is 5.10 Å². The van der Waals surface area contributed by atoms with Crippen LogP contribution in [0.2, 0.25) is 0 Å². The van der Waals surface area contributed by atoms with Crippen LogP contribution in [0.1, 0.15) is 0 Å². The summed E-state index contributed by atoms with van der Waals surface area (Å²) in [5.74, 6) is -2.73. The molecule has 2 aromatic carbocycles. The Morgan fingerprint density at radius 3 is 2.61 bits per heavy atom. The summed E-state index contributed by atoms with van der Waals surface area (Å²) in [6.45, 7) is -1.04. The number of nitrogens with zero attached hydrogens (tertiary/aromatic N) is 2. The van der Waals surface area contributed by atoms with Gasteiger partial charge in [0, 0.05) is 9.13 Å². The van der Waals surface area contributed by atoms with Crippen molar-refractivity contribution in [1.29, 1.82) is 0 Å². The Morgan fingerprint density at radius 2 is 1.89 bits per heavy atom. The second kappa shape index (κ2) is 8.78. The molecule has 3 aromatic rings. The van der Waals surface area contributed by atoms with Gasteiger partial charge in [0.25, 0.3) is 5.91 Å². The Hall–Kier alpha value is -3.02. The van der Waals surface area contributed by atoms with E-state index in [1.165, 1.54) is 24.3 Å². The van der Waals surface area contributed by atoms with Gasteiger partial charge in [0.1, 0.15) is 12.4 Å². The fourth-order valence-corrected chi connectivity index (χ4v) is 2.70. The van der Waals surface area contributed by atoms with E-state index in [1.807, 2.05) is 12.1 Å². The van der Waals surface area contributed by atoms with Crippen LogP contribution < -0.4 is 11.1 Å². The Morgan fingerprint density at radius 1 is 1.18 bits per heavy atom. The summed E-state index contributed by atoms with van der Waals surface area (Å²) in [5.41, 5.74) is 0.975. The molecule has 0 atom stereocenters. The zero-order valence-corrected chi connectivity index (χ0v) is 16.4. The summed E-state index contributed by atoms with van der Waals surface area (Å²) in [5, 5.41) is 6.48. The highest BCUT2D eigenvalue weighted by molar-refractivity contribution is 14.1. The van der Waals surface area contributed by atoms with E-state index in [0.717, 1.165) is 8.25 Å². The van der Waals surface area contributed by atoms with E-state index in [9.17, 15) is 18.8 Å². The van der Waals surface area contributed by atoms with Crippen LogP contribution in [0.25, 0.3) is 11.5 Å². The molecule has 28 heavy (non-hydrogen) atoms. The number of aromatic nitrogens is 2. The average Bonchev–Trinajstić information content (AvgIpc) is 3.03. The molecule has 0 fully saturated rings. The lowest BCUT2D eigenvalue weighted by Crippen LogP contribution is -2.26. The van der Waals surface area contributed by atoms with Crippen LogP contribution in [0.15, 0.2) is 57.7 Å². The third-order valence-electron chi connectivity index (χ3n) is 3.49. The van der Waals surface area contributed by atoms with Gasteiger partial charge in [0.2, 0.25) is 5.89 Å². The minimum absolute atomic E-state index is 0.0609. The van der Waals surface area contributed by atoms with Crippen LogP contribution in [0.5, 0.6) is 0 Å². The second-order valence-corrected chi connectivity index (χ2v) is 6.69. The van der Waals surface area contributed by atoms with Crippen molar-refractivity contribution in [3.8, 4) is 11.5 Å². The number of anilines is 1. The molecule has 3 rings (SSSR count). The van der Waals surface area contributed by atoms with Crippen LogP contribution in [0, 0.1) is 9.39 Å². The molecule has 0 aliphatic carbocycles. The Balaban J connectivity index is 1.56. The van der Waals surface area contributed by atoms with Crippen molar-refractivity contribution in [3.05, 3.63) is 68.5 Å². The van der Waals surface area contributed by atoms with Crippen LogP contribution in [-0.2, 0) is 20.9 Å². The highest BCUT2D eigenvalue weighted by Gasteiger charge is 2.15. The van der Waals surface area contributed by atoms with Crippen molar-refractivity contribution in [2.45, 2.75) is 6.54 Å². The number of carbonyl (C=O) groups excluding carboxylic acids is 2. The third-order valence-corrected chi connectivity index (χ3v) is 4.43. The van der Waals surface area contributed by atoms with E-state index in [2.05, 4.69) is 33.0 Å². The van der Waals surface area contributed by atoms with Gasteiger partial charge in [-0.2, -0.15) is 4.68 Å². The quantitative estimate of drug-likeness (QED) is 0.415. The van der Waals surface area contributed by atoms with E-state index < -0.39 is 36.6 Å². The summed E-state index contributed by atoms with van der Waals surface area (Å²) in [6, 6.07) is 12.3. The lowest BCUT2D eigenvalue weighted by molar-refractivity contribution is -0.148. The molecule has 0 saturated carbocycles. The average molecular weight is 497 g/mol. The Bertz CT molecular complexity index is 1060. The predicted octanol–water partition coefficient (Wildman–Crippen LogP) is 2.43. The lowest BCUT2D eigenvalue weighted by atomic mass is 10.2. The maximum Gasteiger partial charge on any atom is 0.437 e. The molecule has 1 heterocycles. The maximum absolute atomic E-state index is 13.0. The first kappa shape index (κ1) is 19.7. The number of ether oxygens (including phenoxy) is 1. The van der Waals surface area contributed by atoms with Gasteiger partial charge in [-0.05, 0) is 59.0 Å². The molecule has 0 bridgehead atoms. The van der Waals surface area contributed by atoms with E-state index in [1.54, 1.807) is 12.1 Å². The van der Waals surface area contributed by atoms with Gasteiger partial charge in [-0.1, -0.05) is 12.1 Å². The van der Waals surface area contributed by atoms with Crippen molar-refractivity contribution in [2.24, 2.45) is 0 Å². The molecule has 1 N–H and O–H groups in total. The first-order valence-electron chi connectivity index (χ1n) is 7.96. The number of amides is 1. The zero-order chi connectivity index (χ0) is 20.1. The molecular formula is C18H13FIN3O5. The van der Waals surface area contributed by atoms with Crippen LogP contribution in [-0.4, -0.2) is 28.3 Å². The highest BCUT2D eigenvalue weighted by Crippen LogP contribution is 2.17. The molecule has 10 heteroatoms. The lowest BCUT2D eigenvalue weighted by Gasteiger charge is -2.07. The molecule has 1 amide bonds. The highest BCUT2D eigenvalue weighted by atomic mass is 127. The molecule has 0 spiro atoms. The summed E-state index contributed by atoms with van der Waals surface area (Å²) < 4.78 is 24.4. The van der Waals surface area contributed by atoms with E-state index in [4.69, 9.17) is 9.15 Å². The third kappa shape index (κ3) is 5.03. The summed E-state index contributed by atoms with van der Waals surface area (Å²) in [6.07, 6.45) is 0. The van der Waals surface area contributed by atoms with Gasteiger partial charge in [-0.25, -0.2) is 9.18 Å². The van der Waals surface area contributed by atoms with Gasteiger partial charge in [0.15, 0.2) is 6.61 Å². The molecule has 8 nitrogen and oxygen atoms in total. The van der Waals surface area contributed by atoms with Gasteiger partial charge >= 0.3 is 11.7 Å². The fraction of sp³-hybridized carbons (Fsp3) is 0.111.